The molecule has 1 fully saturated rings. The lowest BCUT2D eigenvalue weighted by Crippen LogP contribution is -2.43. The molecule has 0 N–H and O–H groups in total. The van der Waals surface area contributed by atoms with Crippen LogP contribution >= 0.6 is 11.8 Å². The first-order chi connectivity index (χ1) is 14.5. The van der Waals surface area contributed by atoms with Crippen LogP contribution in [0.5, 0.6) is 0 Å². The number of aromatic nitrogens is 1. The molecule has 0 radical (unpaired) electrons. The van der Waals surface area contributed by atoms with Crippen molar-refractivity contribution in [2.45, 2.75) is 45.8 Å². The topological polar surface area (TPSA) is 72.6 Å². The van der Waals surface area contributed by atoms with Gasteiger partial charge in [-0.05, 0) is 50.8 Å². The van der Waals surface area contributed by atoms with Crippen molar-refractivity contribution in [1.82, 2.24) is 9.88 Å². The van der Waals surface area contributed by atoms with Crippen LogP contribution in [0, 0.1) is 12.8 Å². The summed E-state index contributed by atoms with van der Waals surface area (Å²) in [6.07, 6.45) is 2.62. The summed E-state index contributed by atoms with van der Waals surface area (Å²) in [4.78, 5) is 31.0. The number of oxazole rings is 1. The van der Waals surface area contributed by atoms with Crippen molar-refractivity contribution in [2.24, 2.45) is 5.92 Å². The van der Waals surface area contributed by atoms with E-state index < -0.39 is 0 Å². The molecule has 0 bridgehead atoms. The minimum Gasteiger partial charge on any atom is -0.466 e. The van der Waals surface area contributed by atoms with Gasteiger partial charge in [-0.15, -0.1) is 11.8 Å². The van der Waals surface area contributed by atoms with E-state index >= 15 is 0 Å². The number of hydrogen-bond acceptors (Lipinski definition) is 6. The average molecular weight is 431 g/mol. The van der Waals surface area contributed by atoms with Crippen LogP contribution in [0.3, 0.4) is 0 Å². The van der Waals surface area contributed by atoms with E-state index in [1.807, 2.05) is 19.1 Å². The van der Waals surface area contributed by atoms with Crippen molar-refractivity contribution >= 4 is 23.6 Å². The number of aryl methyl sites for hydroxylation is 2. The Bertz CT molecular complexity index is 863. The Labute approximate surface area is 182 Å². The molecule has 0 spiro atoms. The summed E-state index contributed by atoms with van der Waals surface area (Å²) < 4.78 is 11.0. The summed E-state index contributed by atoms with van der Waals surface area (Å²) in [5.41, 5.74) is 3.10. The molecular weight excluding hydrogens is 400 g/mol. The molecule has 1 amide bonds. The number of benzene rings is 1. The summed E-state index contributed by atoms with van der Waals surface area (Å²) in [5, 5.41) is 0. The summed E-state index contributed by atoms with van der Waals surface area (Å²) in [5.74, 6) is 2.04. The van der Waals surface area contributed by atoms with Crippen molar-refractivity contribution in [2.75, 3.05) is 25.4 Å². The number of carbonyl (C=O) groups is 2. The predicted molar refractivity (Wildman–Crippen MR) is 118 cm³/mol. The van der Waals surface area contributed by atoms with Crippen molar-refractivity contribution < 1.29 is 18.7 Å². The van der Waals surface area contributed by atoms with Gasteiger partial charge in [-0.2, -0.15) is 0 Å². The highest BCUT2D eigenvalue weighted by molar-refractivity contribution is 7.99. The van der Waals surface area contributed by atoms with Crippen molar-refractivity contribution in [3.8, 4) is 11.5 Å². The van der Waals surface area contributed by atoms with Crippen LogP contribution in [-0.2, 0) is 26.5 Å². The molecule has 0 aliphatic carbocycles. The molecule has 1 aromatic heterocycles. The van der Waals surface area contributed by atoms with Gasteiger partial charge in [0.25, 0.3) is 0 Å². The number of likely N-dealkylation sites (tertiary alicyclic amines) is 1. The molecule has 1 aliphatic heterocycles. The fraction of sp³-hybridized carbons (Fsp3) is 0.522. The van der Waals surface area contributed by atoms with E-state index in [0.717, 1.165) is 36.3 Å². The number of rotatable bonds is 8. The summed E-state index contributed by atoms with van der Waals surface area (Å²) in [7, 11) is 0. The minimum absolute atomic E-state index is 0.0607. The van der Waals surface area contributed by atoms with Crippen LogP contribution in [0.15, 0.2) is 28.7 Å². The van der Waals surface area contributed by atoms with E-state index in [9.17, 15) is 9.59 Å². The maximum atomic E-state index is 12.6. The summed E-state index contributed by atoms with van der Waals surface area (Å²) in [6, 6.07) is 8.23. The Hall–Kier alpha value is -2.28. The fourth-order valence-electron chi connectivity index (χ4n) is 3.55. The van der Waals surface area contributed by atoms with Gasteiger partial charge in [-0.25, -0.2) is 4.98 Å². The number of hydrogen-bond donors (Lipinski definition) is 0. The highest BCUT2D eigenvalue weighted by atomic mass is 32.2. The minimum atomic E-state index is -0.202. The molecule has 2 heterocycles. The second kappa shape index (κ2) is 10.7. The number of thioether (sulfide) groups is 1. The zero-order valence-electron chi connectivity index (χ0n) is 18.0. The Morgan fingerprint density at radius 1 is 1.27 bits per heavy atom. The Morgan fingerprint density at radius 3 is 2.73 bits per heavy atom. The third-order valence-corrected chi connectivity index (χ3v) is 6.29. The summed E-state index contributed by atoms with van der Waals surface area (Å²) in [6.45, 7) is 7.37. The van der Waals surface area contributed by atoms with Gasteiger partial charge in [-0.1, -0.05) is 19.1 Å². The highest BCUT2D eigenvalue weighted by Crippen LogP contribution is 2.25. The first-order valence-electron chi connectivity index (χ1n) is 10.6. The van der Waals surface area contributed by atoms with E-state index in [-0.39, 0.29) is 17.8 Å². The number of nitrogens with zero attached hydrogens (tertiary/aromatic N) is 2. The lowest BCUT2D eigenvalue weighted by atomic mass is 9.98. The van der Waals surface area contributed by atoms with Gasteiger partial charge in [0.2, 0.25) is 11.8 Å². The molecule has 0 saturated carbocycles. The molecule has 1 aromatic carbocycles. The molecule has 3 rings (SSSR count). The van der Waals surface area contributed by atoms with Gasteiger partial charge in [0.15, 0.2) is 0 Å². The van der Waals surface area contributed by atoms with Gasteiger partial charge >= 0.3 is 5.97 Å². The average Bonchev–Trinajstić information content (AvgIpc) is 3.14. The molecular formula is C23H30N2O4S. The van der Waals surface area contributed by atoms with Gasteiger partial charge in [0.1, 0.15) is 5.76 Å². The molecule has 162 valence electrons. The molecule has 30 heavy (non-hydrogen) atoms. The second-order valence-electron chi connectivity index (χ2n) is 7.50. The first kappa shape index (κ1) is 22.4. The molecule has 1 saturated heterocycles. The number of esters is 1. The number of piperidine rings is 1. The monoisotopic (exact) mass is 430 g/mol. The lowest BCUT2D eigenvalue weighted by molar-refractivity contribution is -0.151. The maximum absolute atomic E-state index is 12.6. The van der Waals surface area contributed by atoms with E-state index in [1.54, 1.807) is 11.8 Å². The zero-order valence-corrected chi connectivity index (χ0v) is 18.8. The van der Waals surface area contributed by atoms with Crippen LogP contribution in [0.2, 0.25) is 0 Å². The van der Waals surface area contributed by atoms with E-state index in [1.165, 1.54) is 17.3 Å². The second-order valence-corrected chi connectivity index (χ2v) is 8.48. The Balaban J connectivity index is 1.51. The third-order valence-electron chi connectivity index (χ3n) is 5.36. The van der Waals surface area contributed by atoms with E-state index in [2.05, 4.69) is 24.0 Å². The summed E-state index contributed by atoms with van der Waals surface area (Å²) >= 11 is 1.53. The number of ether oxygens (including phenoxy) is 1. The maximum Gasteiger partial charge on any atom is 0.310 e. The van der Waals surface area contributed by atoms with Crippen molar-refractivity contribution in [1.29, 1.82) is 0 Å². The largest absolute Gasteiger partial charge is 0.466 e. The standard InChI is InChI=1S/C23H30N2O4S/c1-4-17-8-10-18(11-9-17)22-24-20(16(3)29-22)14-30-15-21(26)25-12-6-7-19(13-25)23(27)28-5-2/h8-11,19H,4-7,12-15H2,1-3H3/t19-/m1/s1. The fourth-order valence-corrected chi connectivity index (χ4v) is 4.47. The SMILES string of the molecule is CCOC(=O)[C@@H]1CCCN(C(=O)CSCc2nc(-c3ccc(CC)cc3)oc2C)C1. The van der Waals surface area contributed by atoms with Crippen molar-refractivity contribution in [3.05, 3.63) is 41.3 Å². The van der Waals surface area contributed by atoms with Gasteiger partial charge < -0.3 is 14.1 Å². The molecule has 1 atom stereocenters. The van der Waals surface area contributed by atoms with Crippen LogP contribution in [-0.4, -0.2) is 47.2 Å². The van der Waals surface area contributed by atoms with Gasteiger partial charge in [-0.3, -0.25) is 9.59 Å². The first-order valence-corrected chi connectivity index (χ1v) is 11.7. The molecule has 7 heteroatoms. The van der Waals surface area contributed by atoms with Gasteiger partial charge in [0, 0.05) is 24.4 Å². The van der Waals surface area contributed by atoms with Gasteiger partial charge in [0.05, 0.1) is 24.0 Å². The normalized spacial score (nSPS) is 16.5. The van der Waals surface area contributed by atoms with Crippen molar-refractivity contribution in [3.63, 3.8) is 0 Å². The van der Waals surface area contributed by atoms with Crippen LogP contribution < -0.4 is 0 Å². The predicted octanol–water partition coefficient (Wildman–Crippen LogP) is 4.25. The Kier molecular flexibility index (Phi) is 7.96. The van der Waals surface area contributed by atoms with E-state index in [0.29, 0.717) is 37.1 Å². The smallest absolute Gasteiger partial charge is 0.310 e. The van der Waals surface area contributed by atoms with E-state index in [4.69, 9.17) is 9.15 Å². The van der Waals surface area contributed by atoms with Crippen LogP contribution in [0.1, 0.15) is 43.7 Å². The highest BCUT2D eigenvalue weighted by Gasteiger charge is 2.29. The lowest BCUT2D eigenvalue weighted by Gasteiger charge is -2.31. The number of amides is 1. The Morgan fingerprint density at radius 2 is 2.03 bits per heavy atom. The molecule has 0 unspecified atom stereocenters. The van der Waals surface area contributed by atoms with Crippen LogP contribution in [0.4, 0.5) is 0 Å². The zero-order chi connectivity index (χ0) is 21.5. The molecule has 2 aromatic rings. The van der Waals surface area contributed by atoms with Crippen LogP contribution in [0.25, 0.3) is 11.5 Å². The molecule has 1 aliphatic rings. The third kappa shape index (κ3) is 5.65. The number of carbonyl (C=O) groups excluding carboxylic acids is 2. The quantitative estimate of drug-likeness (QED) is 0.583. The molecule has 6 nitrogen and oxygen atoms in total.